The van der Waals surface area contributed by atoms with Gasteiger partial charge < -0.3 is 24.2 Å². The minimum absolute atomic E-state index is 0.0336. The van der Waals surface area contributed by atoms with E-state index in [1.54, 1.807) is 46.1 Å². The van der Waals surface area contributed by atoms with Crippen LogP contribution in [-0.2, 0) is 7.05 Å². The molecule has 0 aliphatic carbocycles. The zero-order valence-electron chi connectivity index (χ0n) is 25.4. The van der Waals surface area contributed by atoms with Crippen molar-refractivity contribution in [1.82, 2.24) is 19.7 Å². The lowest BCUT2D eigenvalue weighted by atomic mass is 9.82. The highest BCUT2D eigenvalue weighted by Gasteiger charge is 2.44. The Morgan fingerprint density at radius 1 is 0.956 bits per heavy atom. The predicted octanol–water partition coefficient (Wildman–Crippen LogP) is 5.28. The van der Waals surface area contributed by atoms with Crippen LogP contribution in [0.25, 0.3) is 22.4 Å². The molecule has 11 nitrogen and oxygen atoms in total. The van der Waals surface area contributed by atoms with Gasteiger partial charge in [-0.3, -0.25) is 19.3 Å². The summed E-state index contributed by atoms with van der Waals surface area (Å²) in [6, 6.07) is 12.0. The Balaban J connectivity index is 1.19. The van der Waals surface area contributed by atoms with E-state index in [1.807, 2.05) is 33.2 Å². The molecule has 0 radical (unpaired) electrons. The average molecular weight is 611 g/mol. The molecule has 1 fully saturated rings. The molecule has 0 saturated carbocycles. The number of aromatic carboxylic acids is 1. The average Bonchev–Trinajstić information content (AvgIpc) is 3.46. The summed E-state index contributed by atoms with van der Waals surface area (Å²) in [5.41, 5.74) is 3.19. The van der Waals surface area contributed by atoms with Crippen LogP contribution in [0.4, 0.5) is 0 Å². The maximum atomic E-state index is 13.8. The lowest BCUT2D eigenvalue weighted by Crippen LogP contribution is -2.52. The molecular weight excluding hydrogens is 576 g/mol. The number of fused-ring (bicyclic) bond motifs is 1. The second kappa shape index (κ2) is 12.1. The van der Waals surface area contributed by atoms with Gasteiger partial charge in [0, 0.05) is 62.1 Å². The van der Waals surface area contributed by atoms with Crippen molar-refractivity contribution in [3.05, 3.63) is 77.7 Å². The first-order chi connectivity index (χ1) is 21.7. The number of carboxylic acid groups (broad SMARTS) is 1. The van der Waals surface area contributed by atoms with Gasteiger partial charge in [0.1, 0.15) is 22.8 Å². The number of rotatable bonds is 8. The smallest absolute Gasteiger partial charge is 0.337 e. The largest absolute Gasteiger partial charge is 0.493 e. The number of carboxylic acids is 1. The van der Waals surface area contributed by atoms with Gasteiger partial charge in [-0.15, -0.1) is 0 Å². The van der Waals surface area contributed by atoms with E-state index in [0.29, 0.717) is 78.8 Å². The first kappa shape index (κ1) is 29.9. The zero-order chi connectivity index (χ0) is 31.7. The van der Waals surface area contributed by atoms with E-state index in [9.17, 15) is 14.4 Å². The molecule has 1 saturated heterocycles. The monoisotopic (exact) mass is 610 g/mol. The number of amides is 1. The van der Waals surface area contributed by atoms with Gasteiger partial charge in [0.05, 0.1) is 48.2 Å². The fourth-order valence-electron chi connectivity index (χ4n) is 6.01. The summed E-state index contributed by atoms with van der Waals surface area (Å²) < 4.78 is 20.1. The van der Waals surface area contributed by atoms with Crippen LogP contribution < -0.4 is 14.2 Å². The molecule has 1 amide bonds. The third-order valence-corrected chi connectivity index (χ3v) is 8.26. The number of aromatic nitrogens is 3. The number of hydrogen-bond donors (Lipinski definition) is 1. The highest BCUT2D eigenvalue weighted by atomic mass is 16.5. The number of nitrogens with zero attached hydrogens (tertiary/aromatic N) is 4. The van der Waals surface area contributed by atoms with Crippen LogP contribution >= 0.6 is 0 Å². The lowest BCUT2D eigenvalue weighted by molar-refractivity contribution is -0.00573. The molecule has 0 atom stereocenters. The summed E-state index contributed by atoms with van der Waals surface area (Å²) in [4.78, 5) is 44.3. The van der Waals surface area contributed by atoms with Crippen molar-refractivity contribution in [1.29, 1.82) is 0 Å². The van der Waals surface area contributed by atoms with Gasteiger partial charge in [-0.25, -0.2) is 4.79 Å². The third-order valence-electron chi connectivity index (χ3n) is 8.26. The number of benzene rings is 2. The number of pyridine rings is 1. The van der Waals surface area contributed by atoms with E-state index in [2.05, 4.69) is 10.1 Å². The van der Waals surface area contributed by atoms with Gasteiger partial charge in [0.2, 0.25) is 0 Å². The summed E-state index contributed by atoms with van der Waals surface area (Å²) in [5.74, 6) is 0.389. The normalized spacial score (nSPS) is 15.4. The maximum absolute atomic E-state index is 13.8. The predicted molar refractivity (Wildman–Crippen MR) is 165 cm³/mol. The molecule has 0 bridgehead atoms. The van der Waals surface area contributed by atoms with E-state index in [-0.39, 0.29) is 23.7 Å². The Hall–Kier alpha value is -5.19. The first-order valence-corrected chi connectivity index (χ1v) is 15.0. The number of hydrogen-bond acceptors (Lipinski definition) is 8. The summed E-state index contributed by atoms with van der Waals surface area (Å²) in [5, 5.41) is 13.4. The van der Waals surface area contributed by atoms with Crippen molar-refractivity contribution < 1.29 is 33.7 Å². The van der Waals surface area contributed by atoms with Crippen LogP contribution in [0.15, 0.2) is 61.1 Å². The molecule has 6 rings (SSSR count). The van der Waals surface area contributed by atoms with E-state index >= 15 is 0 Å². The highest BCUT2D eigenvalue weighted by Crippen LogP contribution is 2.43. The number of carbonyl (C=O) groups is 3. The second-order valence-corrected chi connectivity index (χ2v) is 11.2. The Bertz CT molecular complexity index is 1740. The molecule has 1 N–H and O–H groups in total. The van der Waals surface area contributed by atoms with E-state index < -0.39 is 11.6 Å². The van der Waals surface area contributed by atoms with E-state index in [0.717, 1.165) is 11.1 Å². The molecule has 2 aliphatic rings. The number of ketones is 1. The minimum Gasteiger partial charge on any atom is -0.493 e. The molecule has 2 aromatic heterocycles. The lowest BCUT2D eigenvalue weighted by Gasteiger charge is -2.44. The summed E-state index contributed by atoms with van der Waals surface area (Å²) >= 11 is 0. The fraction of sp³-hybridized carbons (Fsp3) is 0.324. The highest BCUT2D eigenvalue weighted by molar-refractivity contribution is 6.01. The molecule has 232 valence electrons. The summed E-state index contributed by atoms with van der Waals surface area (Å²) in [6.07, 6.45) is 6.14. The van der Waals surface area contributed by atoms with Gasteiger partial charge in [-0.2, -0.15) is 5.10 Å². The molecular formula is C34H34N4O7. The van der Waals surface area contributed by atoms with E-state index in [1.165, 1.54) is 12.3 Å². The molecule has 11 heteroatoms. The second-order valence-electron chi connectivity index (χ2n) is 11.2. The third kappa shape index (κ3) is 5.85. The van der Waals surface area contributed by atoms with Gasteiger partial charge >= 0.3 is 5.97 Å². The molecule has 4 aromatic rings. The number of Topliss-reactive ketones (excluding diaryl/α,β-unsaturated/α-hetero) is 1. The van der Waals surface area contributed by atoms with Crippen LogP contribution in [-0.4, -0.2) is 74.3 Å². The number of likely N-dealkylation sites (tertiary alicyclic amines) is 1. The van der Waals surface area contributed by atoms with E-state index in [4.69, 9.17) is 19.3 Å². The number of piperidine rings is 1. The van der Waals surface area contributed by atoms with Gasteiger partial charge in [-0.1, -0.05) is 0 Å². The number of ether oxygens (including phenoxy) is 3. The summed E-state index contributed by atoms with van der Waals surface area (Å²) in [6.45, 7) is 5.49. The van der Waals surface area contributed by atoms with Crippen LogP contribution in [0.3, 0.4) is 0 Å². The van der Waals surface area contributed by atoms with Gasteiger partial charge in [0.25, 0.3) is 5.91 Å². The van der Waals surface area contributed by atoms with Crippen LogP contribution in [0, 0.1) is 0 Å². The number of aryl methyl sites for hydroxylation is 1. The quantitative estimate of drug-likeness (QED) is 0.283. The summed E-state index contributed by atoms with van der Waals surface area (Å²) in [7, 11) is 1.84. The number of carbonyl (C=O) groups excluding carboxylic acids is 2. The van der Waals surface area contributed by atoms with Crippen LogP contribution in [0.5, 0.6) is 17.2 Å². The van der Waals surface area contributed by atoms with Crippen molar-refractivity contribution in [2.45, 2.75) is 38.7 Å². The van der Waals surface area contributed by atoms with Crippen molar-refractivity contribution in [2.75, 3.05) is 26.3 Å². The Morgan fingerprint density at radius 3 is 2.24 bits per heavy atom. The molecule has 4 heterocycles. The van der Waals surface area contributed by atoms with Gasteiger partial charge in [-0.05, 0) is 56.3 Å². The topological polar surface area (TPSA) is 133 Å². The minimum atomic E-state index is -1.05. The Kier molecular flexibility index (Phi) is 8.01. The zero-order valence-corrected chi connectivity index (χ0v) is 25.4. The maximum Gasteiger partial charge on any atom is 0.337 e. The van der Waals surface area contributed by atoms with Crippen molar-refractivity contribution in [3.8, 4) is 39.6 Å². The first-order valence-electron chi connectivity index (χ1n) is 15.0. The molecule has 1 spiro atoms. The Labute approximate surface area is 260 Å². The Morgan fingerprint density at radius 2 is 1.67 bits per heavy atom. The van der Waals surface area contributed by atoms with Gasteiger partial charge in [0.15, 0.2) is 5.78 Å². The molecule has 2 aromatic carbocycles. The van der Waals surface area contributed by atoms with Crippen molar-refractivity contribution >= 4 is 17.7 Å². The molecule has 0 unspecified atom stereocenters. The molecule has 2 aliphatic heterocycles. The fourth-order valence-corrected chi connectivity index (χ4v) is 6.01. The molecule has 45 heavy (non-hydrogen) atoms. The van der Waals surface area contributed by atoms with Crippen molar-refractivity contribution in [2.24, 2.45) is 7.05 Å². The van der Waals surface area contributed by atoms with Crippen LogP contribution in [0.2, 0.25) is 0 Å². The van der Waals surface area contributed by atoms with Crippen molar-refractivity contribution in [3.63, 3.8) is 0 Å². The van der Waals surface area contributed by atoms with Crippen LogP contribution in [0.1, 0.15) is 64.2 Å². The standard InChI is InChI=1S/C34H34N4O7/c1-4-43-29-15-23(16-30(44-5-2)31(29)24-19-36-37(3)20-24)32(40)38-12-10-34(11-13-38)17-27(39)25-14-21(7-9-28(25)45-34)26-8-6-22(18-35-26)33(41)42/h6-9,14-16,18-20H,4-5,10-13,17H2,1-3H3,(H,41,42). The SMILES string of the molecule is CCOc1cc(C(=O)N2CCC3(CC2)CC(=O)c2cc(-c4ccc(C(=O)O)cn4)ccc2O3)cc(OCC)c1-c1cnn(C)c1.